The molecule has 2 aromatic rings. The van der Waals surface area contributed by atoms with Crippen molar-refractivity contribution in [1.82, 2.24) is 0 Å². The molecule has 0 heterocycles. The van der Waals surface area contributed by atoms with E-state index in [1.54, 1.807) is 7.11 Å². The molecule has 2 N–H and O–H groups in total. The summed E-state index contributed by atoms with van der Waals surface area (Å²) in [6, 6.07) is 15.2. The van der Waals surface area contributed by atoms with Crippen LogP contribution in [0.25, 0.3) is 0 Å². The molecule has 0 bridgehead atoms. The minimum absolute atomic E-state index is 0.403. The van der Waals surface area contributed by atoms with E-state index >= 15 is 0 Å². The molecule has 19 heavy (non-hydrogen) atoms. The second-order valence-corrected chi connectivity index (χ2v) is 4.47. The minimum Gasteiger partial charge on any atom is -0.497 e. The van der Waals surface area contributed by atoms with E-state index in [-0.39, 0.29) is 0 Å². The molecule has 0 unspecified atom stereocenters. The average Bonchev–Trinajstić information content (AvgIpc) is 2.46. The van der Waals surface area contributed by atoms with Crippen molar-refractivity contribution >= 4 is 17.2 Å². The molecule has 0 amide bonds. The number of thiocarbonyl (C=S) groups is 1. The molecule has 2 aromatic carbocycles. The van der Waals surface area contributed by atoms with Crippen LogP contribution < -0.4 is 15.2 Å². The summed E-state index contributed by atoms with van der Waals surface area (Å²) in [4.78, 5) is 0.403. The van der Waals surface area contributed by atoms with E-state index < -0.39 is 0 Å². The standard InChI is InChI=1S/C15H15NO2S/c1-17-13-3-2-4-14(9-13)18-10-11-5-7-12(8-6-11)15(16)19/h2-9H,10H2,1H3,(H2,16,19). The molecule has 2 rings (SSSR count). The lowest BCUT2D eigenvalue weighted by molar-refractivity contribution is 0.303. The van der Waals surface area contributed by atoms with Gasteiger partial charge in [0.15, 0.2) is 0 Å². The fourth-order valence-electron chi connectivity index (χ4n) is 1.62. The molecule has 0 saturated heterocycles. The van der Waals surface area contributed by atoms with Gasteiger partial charge in [0.25, 0.3) is 0 Å². The highest BCUT2D eigenvalue weighted by molar-refractivity contribution is 7.80. The van der Waals surface area contributed by atoms with Crippen LogP contribution in [0.5, 0.6) is 11.5 Å². The van der Waals surface area contributed by atoms with Gasteiger partial charge in [0.1, 0.15) is 23.1 Å². The van der Waals surface area contributed by atoms with E-state index in [2.05, 4.69) is 0 Å². The van der Waals surface area contributed by atoms with Crippen LogP contribution in [0.3, 0.4) is 0 Å². The number of methoxy groups -OCH3 is 1. The molecule has 0 spiro atoms. The Morgan fingerprint density at radius 3 is 2.42 bits per heavy atom. The molecule has 0 radical (unpaired) electrons. The van der Waals surface area contributed by atoms with Crippen molar-refractivity contribution in [3.63, 3.8) is 0 Å². The van der Waals surface area contributed by atoms with Gasteiger partial charge in [-0.2, -0.15) is 0 Å². The maximum atomic E-state index is 5.69. The summed E-state index contributed by atoms with van der Waals surface area (Å²) in [6.07, 6.45) is 0. The first-order valence-electron chi connectivity index (χ1n) is 5.84. The van der Waals surface area contributed by atoms with Crippen LogP contribution >= 0.6 is 12.2 Å². The van der Waals surface area contributed by atoms with Crippen LogP contribution in [-0.4, -0.2) is 12.1 Å². The lowest BCUT2D eigenvalue weighted by Crippen LogP contribution is -2.09. The topological polar surface area (TPSA) is 44.5 Å². The predicted octanol–water partition coefficient (Wildman–Crippen LogP) is 2.91. The second-order valence-electron chi connectivity index (χ2n) is 4.03. The number of nitrogens with two attached hydrogens (primary N) is 1. The number of hydrogen-bond acceptors (Lipinski definition) is 3. The highest BCUT2D eigenvalue weighted by Gasteiger charge is 2.00. The number of rotatable bonds is 5. The van der Waals surface area contributed by atoms with E-state index in [1.165, 1.54) is 0 Å². The average molecular weight is 273 g/mol. The van der Waals surface area contributed by atoms with Gasteiger partial charge in [0, 0.05) is 11.6 Å². The van der Waals surface area contributed by atoms with E-state index in [1.807, 2.05) is 48.5 Å². The Morgan fingerprint density at radius 1 is 1.11 bits per heavy atom. The summed E-state index contributed by atoms with van der Waals surface area (Å²) in [7, 11) is 1.63. The Balaban J connectivity index is 1.99. The van der Waals surface area contributed by atoms with Crippen LogP contribution in [0.15, 0.2) is 48.5 Å². The van der Waals surface area contributed by atoms with E-state index in [4.69, 9.17) is 27.4 Å². The number of hydrogen-bond donors (Lipinski definition) is 1. The monoisotopic (exact) mass is 273 g/mol. The summed E-state index contributed by atoms with van der Waals surface area (Å²) < 4.78 is 10.8. The van der Waals surface area contributed by atoms with Crippen molar-refractivity contribution in [1.29, 1.82) is 0 Å². The Labute approximate surface area is 118 Å². The highest BCUT2D eigenvalue weighted by atomic mass is 32.1. The summed E-state index contributed by atoms with van der Waals surface area (Å²) in [6.45, 7) is 0.491. The van der Waals surface area contributed by atoms with E-state index in [9.17, 15) is 0 Å². The van der Waals surface area contributed by atoms with Gasteiger partial charge in [-0.1, -0.05) is 42.5 Å². The quantitative estimate of drug-likeness (QED) is 0.851. The second kappa shape index (κ2) is 6.20. The maximum Gasteiger partial charge on any atom is 0.123 e. The fraction of sp³-hybridized carbons (Fsp3) is 0.133. The van der Waals surface area contributed by atoms with Crippen LogP contribution in [-0.2, 0) is 6.61 Å². The Kier molecular flexibility index (Phi) is 4.36. The first-order valence-corrected chi connectivity index (χ1v) is 6.25. The molecule has 98 valence electrons. The minimum atomic E-state index is 0.403. The van der Waals surface area contributed by atoms with Crippen molar-refractivity contribution in [2.75, 3.05) is 7.11 Å². The van der Waals surface area contributed by atoms with Crippen LogP contribution in [0.4, 0.5) is 0 Å². The molecule has 4 heteroatoms. The molecule has 0 aliphatic carbocycles. The fourth-order valence-corrected chi connectivity index (χ4v) is 1.76. The molecular weight excluding hydrogens is 258 g/mol. The molecule has 0 aromatic heterocycles. The summed E-state index contributed by atoms with van der Waals surface area (Å²) >= 11 is 4.91. The largest absolute Gasteiger partial charge is 0.497 e. The van der Waals surface area contributed by atoms with Gasteiger partial charge in [-0.25, -0.2) is 0 Å². The number of benzene rings is 2. The molecule has 0 fully saturated rings. The highest BCUT2D eigenvalue weighted by Crippen LogP contribution is 2.20. The molecule has 0 aliphatic rings. The Morgan fingerprint density at radius 2 is 1.79 bits per heavy atom. The third-order valence-corrected chi connectivity index (χ3v) is 2.92. The summed E-state index contributed by atoms with van der Waals surface area (Å²) in [5.74, 6) is 1.55. The van der Waals surface area contributed by atoms with Gasteiger partial charge in [0.05, 0.1) is 7.11 Å². The molecule has 0 atom stereocenters. The smallest absolute Gasteiger partial charge is 0.123 e. The Hall–Kier alpha value is -2.07. The lowest BCUT2D eigenvalue weighted by Gasteiger charge is -2.08. The van der Waals surface area contributed by atoms with Crippen LogP contribution in [0.1, 0.15) is 11.1 Å². The van der Waals surface area contributed by atoms with E-state index in [0.29, 0.717) is 11.6 Å². The van der Waals surface area contributed by atoms with Gasteiger partial charge in [-0.15, -0.1) is 0 Å². The number of ether oxygens (including phenoxy) is 2. The zero-order chi connectivity index (χ0) is 13.7. The van der Waals surface area contributed by atoms with E-state index in [0.717, 1.165) is 22.6 Å². The van der Waals surface area contributed by atoms with Crippen molar-refractivity contribution < 1.29 is 9.47 Å². The zero-order valence-corrected chi connectivity index (χ0v) is 11.4. The molecular formula is C15H15NO2S. The van der Waals surface area contributed by atoms with Gasteiger partial charge < -0.3 is 15.2 Å². The summed E-state index contributed by atoms with van der Waals surface area (Å²) in [5.41, 5.74) is 7.47. The normalized spacial score (nSPS) is 9.95. The van der Waals surface area contributed by atoms with Gasteiger partial charge >= 0.3 is 0 Å². The van der Waals surface area contributed by atoms with Gasteiger partial charge in [-0.05, 0) is 17.7 Å². The Bertz CT molecular complexity index is 567. The predicted molar refractivity (Wildman–Crippen MR) is 79.7 cm³/mol. The maximum absolute atomic E-state index is 5.69. The molecule has 3 nitrogen and oxygen atoms in total. The molecule has 0 aliphatic heterocycles. The summed E-state index contributed by atoms with van der Waals surface area (Å²) in [5, 5.41) is 0. The van der Waals surface area contributed by atoms with Crippen LogP contribution in [0, 0.1) is 0 Å². The first kappa shape index (κ1) is 13.4. The third-order valence-electron chi connectivity index (χ3n) is 2.69. The van der Waals surface area contributed by atoms with Crippen molar-refractivity contribution in [2.24, 2.45) is 5.73 Å². The zero-order valence-electron chi connectivity index (χ0n) is 10.6. The van der Waals surface area contributed by atoms with Crippen molar-refractivity contribution in [3.05, 3.63) is 59.7 Å². The third kappa shape index (κ3) is 3.69. The van der Waals surface area contributed by atoms with Gasteiger partial charge in [-0.3, -0.25) is 0 Å². The first-order chi connectivity index (χ1) is 9.19. The van der Waals surface area contributed by atoms with Crippen molar-refractivity contribution in [2.45, 2.75) is 6.61 Å². The van der Waals surface area contributed by atoms with Gasteiger partial charge in [0.2, 0.25) is 0 Å². The lowest BCUT2D eigenvalue weighted by atomic mass is 10.1. The van der Waals surface area contributed by atoms with Crippen LogP contribution in [0.2, 0.25) is 0 Å². The SMILES string of the molecule is COc1cccc(OCc2ccc(C(N)=S)cc2)c1. The van der Waals surface area contributed by atoms with Crippen molar-refractivity contribution in [3.8, 4) is 11.5 Å². The molecule has 0 saturated carbocycles.